The van der Waals surface area contributed by atoms with Gasteiger partial charge < -0.3 is 9.47 Å². The summed E-state index contributed by atoms with van der Waals surface area (Å²) in [6.07, 6.45) is -1.02. The van der Waals surface area contributed by atoms with Crippen molar-refractivity contribution in [3.05, 3.63) is 28.8 Å². The number of fused-ring (bicyclic) bond motifs is 1. The molecule has 0 aromatic heterocycles. The van der Waals surface area contributed by atoms with Crippen LogP contribution in [0.4, 0.5) is 4.79 Å². The van der Waals surface area contributed by atoms with Gasteiger partial charge in [0.15, 0.2) is 0 Å². The molecule has 1 aromatic rings. The van der Waals surface area contributed by atoms with Crippen LogP contribution >= 0.6 is 11.6 Å². The quantitative estimate of drug-likeness (QED) is 0.475. The Kier molecular flexibility index (Phi) is 1.88. The van der Waals surface area contributed by atoms with Crippen molar-refractivity contribution in [3.8, 4) is 5.75 Å². The number of benzene rings is 1. The predicted molar refractivity (Wildman–Crippen MR) is 47.0 cm³/mol. The molecular weight excluding hydrogens is 192 g/mol. The minimum absolute atomic E-state index is 0.343. The van der Waals surface area contributed by atoms with Crippen molar-refractivity contribution in [1.82, 2.24) is 0 Å². The van der Waals surface area contributed by atoms with Crippen LogP contribution in [0, 0.1) is 0 Å². The van der Waals surface area contributed by atoms with Crippen molar-refractivity contribution in [2.24, 2.45) is 0 Å². The Labute approximate surface area is 80.2 Å². The zero-order valence-corrected chi connectivity index (χ0v) is 7.67. The lowest BCUT2D eigenvalue weighted by Gasteiger charge is -2.22. The predicted octanol–water partition coefficient (Wildman–Crippen LogP) is 2.93. The number of ether oxygens (including phenoxy) is 2. The summed E-state index contributed by atoms with van der Waals surface area (Å²) in [4.78, 5) is 10.9. The van der Waals surface area contributed by atoms with E-state index in [0.29, 0.717) is 10.8 Å². The lowest BCUT2D eigenvalue weighted by molar-refractivity contribution is 0.0493. The second kappa shape index (κ2) is 2.92. The molecule has 1 aliphatic rings. The number of hydrogen-bond acceptors (Lipinski definition) is 3. The van der Waals surface area contributed by atoms with Crippen LogP contribution in [0.5, 0.6) is 5.75 Å². The molecule has 1 aliphatic heterocycles. The highest BCUT2D eigenvalue weighted by Gasteiger charge is 2.26. The number of halogens is 1. The van der Waals surface area contributed by atoms with Crippen LogP contribution in [0.3, 0.4) is 0 Å². The van der Waals surface area contributed by atoms with E-state index >= 15 is 0 Å². The number of cyclic esters (lactones) is 1. The van der Waals surface area contributed by atoms with Gasteiger partial charge in [-0.1, -0.05) is 17.7 Å². The molecule has 0 N–H and O–H groups in total. The summed E-state index contributed by atoms with van der Waals surface area (Å²) in [5.41, 5.74) is 0.726. The highest BCUT2D eigenvalue weighted by Crippen LogP contribution is 2.37. The van der Waals surface area contributed by atoms with E-state index in [1.165, 1.54) is 0 Å². The third-order valence-corrected chi connectivity index (χ3v) is 2.22. The second-order valence-electron chi connectivity index (χ2n) is 2.76. The van der Waals surface area contributed by atoms with Crippen molar-refractivity contribution in [3.63, 3.8) is 0 Å². The minimum Gasteiger partial charge on any atom is -0.426 e. The SMILES string of the molecule is CC1OC(=O)Oc2cccc(Cl)c21. The van der Waals surface area contributed by atoms with Gasteiger partial charge in [-0.2, -0.15) is 0 Å². The van der Waals surface area contributed by atoms with Gasteiger partial charge in [0.1, 0.15) is 11.9 Å². The topological polar surface area (TPSA) is 35.5 Å². The van der Waals surface area contributed by atoms with E-state index in [2.05, 4.69) is 0 Å². The van der Waals surface area contributed by atoms with E-state index < -0.39 is 6.16 Å². The van der Waals surface area contributed by atoms with E-state index in [9.17, 15) is 4.79 Å². The van der Waals surface area contributed by atoms with Gasteiger partial charge in [-0.15, -0.1) is 0 Å². The average Bonchev–Trinajstić information content (AvgIpc) is 2.02. The standard InChI is InChI=1S/C9H7ClO3/c1-5-8-6(10)3-2-4-7(8)13-9(11)12-5/h2-5H,1H3. The molecule has 4 heteroatoms. The Bertz CT molecular complexity index is 362. The number of carbonyl (C=O) groups excluding carboxylic acids is 1. The molecule has 0 aliphatic carbocycles. The second-order valence-corrected chi connectivity index (χ2v) is 3.17. The maximum absolute atomic E-state index is 10.9. The van der Waals surface area contributed by atoms with Crippen LogP contribution in [-0.4, -0.2) is 6.16 Å². The molecule has 2 rings (SSSR count). The summed E-state index contributed by atoms with van der Waals surface area (Å²) >= 11 is 5.91. The molecule has 0 saturated heterocycles. The first kappa shape index (κ1) is 8.38. The maximum atomic E-state index is 10.9. The molecule has 1 aromatic carbocycles. The van der Waals surface area contributed by atoms with E-state index in [1.807, 2.05) is 0 Å². The van der Waals surface area contributed by atoms with Crippen molar-refractivity contribution in [2.45, 2.75) is 13.0 Å². The largest absolute Gasteiger partial charge is 0.514 e. The summed E-state index contributed by atoms with van der Waals surface area (Å²) in [6, 6.07) is 5.16. The highest BCUT2D eigenvalue weighted by atomic mass is 35.5. The average molecular weight is 199 g/mol. The first-order chi connectivity index (χ1) is 6.18. The monoisotopic (exact) mass is 198 g/mol. The summed E-state index contributed by atoms with van der Waals surface area (Å²) in [6.45, 7) is 1.76. The molecule has 0 spiro atoms. The summed E-state index contributed by atoms with van der Waals surface area (Å²) in [5.74, 6) is 0.483. The Morgan fingerprint density at radius 3 is 3.00 bits per heavy atom. The van der Waals surface area contributed by atoms with Gasteiger partial charge in [-0.25, -0.2) is 4.79 Å². The normalized spacial score (nSPS) is 20.2. The molecule has 0 amide bonds. The van der Waals surface area contributed by atoms with Gasteiger partial charge in [0.05, 0.1) is 10.6 Å². The fourth-order valence-corrected chi connectivity index (χ4v) is 1.64. The number of hydrogen-bond donors (Lipinski definition) is 0. The van der Waals surface area contributed by atoms with Crippen molar-refractivity contribution >= 4 is 17.8 Å². The van der Waals surface area contributed by atoms with Gasteiger partial charge in [0.2, 0.25) is 0 Å². The molecule has 0 fully saturated rings. The van der Waals surface area contributed by atoms with Crippen molar-refractivity contribution in [2.75, 3.05) is 0 Å². The molecule has 0 saturated carbocycles. The fourth-order valence-electron chi connectivity index (χ4n) is 1.32. The van der Waals surface area contributed by atoms with Crippen molar-refractivity contribution in [1.29, 1.82) is 0 Å². The maximum Gasteiger partial charge on any atom is 0.514 e. The first-order valence-corrected chi connectivity index (χ1v) is 4.23. The Balaban J connectivity index is 2.55. The van der Waals surface area contributed by atoms with E-state index in [-0.39, 0.29) is 6.10 Å². The summed E-state index contributed by atoms with van der Waals surface area (Å²) in [5, 5.41) is 0.553. The van der Waals surface area contributed by atoms with E-state index in [0.717, 1.165) is 5.56 Å². The third-order valence-electron chi connectivity index (χ3n) is 1.89. The molecule has 0 radical (unpaired) electrons. The van der Waals surface area contributed by atoms with Gasteiger partial charge in [0, 0.05) is 0 Å². The minimum atomic E-state index is -0.678. The molecular formula is C9H7ClO3. The lowest BCUT2D eigenvalue weighted by Crippen LogP contribution is -2.20. The zero-order valence-electron chi connectivity index (χ0n) is 6.91. The smallest absolute Gasteiger partial charge is 0.426 e. The summed E-state index contributed by atoms with van der Waals surface area (Å²) in [7, 11) is 0. The lowest BCUT2D eigenvalue weighted by atomic mass is 10.1. The molecule has 3 nitrogen and oxygen atoms in total. The molecule has 0 bridgehead atoms. The van der Waals surface area contributed by atoms with Crippen LogP contribution in [0.1, 0.15) is 18.6 Å². The van der Waals surface area contributed by atoms with Crippen LogP contribution in [0.2, 0.25) is 5.02 Å². The molecule has 1 heterocycles. The molecule has 68 valence electrons. The molecule has 1 unspecified atom stereocenters. The first-order valence-electron chi connectivity index (χ1n) is 3.85. The third kappa shape index (κ3) is 1.35. The van der Waals surface area contributed by atoms with Crippen LogP contribution < -0.4 is 4.74 Å². The molecule has 1 atom stereocenters. The zero-order chi connectivity index (χ0) is 9.42. The van der Waals surface area contributed by atoms with Crippen molar-refractivity contribution < 1.29 is 14.3 Å². The van der Waals surface area contributed by atoms with Gasteiger partial charge >= 0.3 is 6.16 Å². The van der Waals surface area contributed by atoms with Crippen LogP contribution in [0.15, 0.2) is 18.2 Å². The van der Waals surface area contributed by atoms with Gasteiger partial charge in [0.25, 0.3) is 0 Å². The van der Waals surface area contributed by atoms with Gasteiger partial charge in [-0.05, 0) is 19.1 Å². The van der Waals surface area contributed by atoms with E-state index in [4.69, 9.17) is 21.1 Å². The Morgan fingerprint density at radius 2 is 2.23 bits per heavy atom. The highest BCUT2D eigenvalue weighted by molar-refractivity contribution is 6.31. The summed E-state index contributed by atoms with van der Waals surface area (Å²) < 4.78 is 9.69. The van der Waals surface area contributed by atoms with Gasteiger partial charge in [-0.3, -0.25) is 0 Å². The molecule has 13 heavy (non-hydrogen) atoms. The fraction of sp³-hybridized carbons (Fsp3) is 0.222. The van der Waals surface area contributed by atoms with Crippen LogP contribution in [-0.2, 0) is 4.74 Å². The van der Waals surface area contributed by atoms with E-state index in [1.54, 1.807) is 25.1 Å². The van der Waals surface area contributed by atoms with Crippen LogP contribution in [0.25, 0.3) is 0 Å². The number of rotatable bonds is 0. The Hall–Kier alpha value is -1.22. The number of carbonyl (C=O) groups is 1. The Morgan fingerprint density at radius 1 is 1.46 bits per heavy atom.